The molecule has 0 heterocycles. The van der Waals surface area contributed by atoms with Crippen molar-refractivity contribution in [3.05, 3.63) is 29.8 Å². The minimum atomic E-state index is -3.46. The number of anilines is 1. The molecule has 0 bridgehead atoms. The van der Waals surface area contributed by atoms with E-state index in [1.165, 1.54) is 4.31 Å². The molecule has 0 saturated heterocycles. The summed E-state index contributed by atoms with van der Waals surface area (Å²) < 4.78 is 26.5. The maximum absolute atomic E-state index is 12.5. The minimum absolute atomic E-state index is 0.0757. The molecule has 0 radical (unpaired) electrons. The smallest absolute Gasteiger partial charge is 0.218 e. The van der Waals surface area contributed by atoms with Crippen LogP contribution in [0.1, 0.15) is 32.3 Å². The molecule has 114 valence electrons. The van der Waals surface area contributed by atoms with Crippen LogP contribution >= 0.6 is 0 Å². The average molecular weight is 300 g/mol. The van der Waals surface area contributed by atoms with Crippen LogP contribution in [0.4, 0.5) is 5.69 Å². The molecule has 1 rings (SSSR count). The van der Waals surface area contributed by atoms with Gasteiger partial charge in [-0.2, -0.15) is 4.31 Å². The van der Waals surface area contributed by atoms with Gasteiger partial charge in [-0.15, -0.1) is 0 Å². The molecule has 0 aromatic heterocycles. The fourth-order valence-corrected chi connectivity index (χ4v) is 4.20. The number of nitrogens with two attached hydrogens (primary N) is 1. The lowest BCUT2D eigenvalue weighted by Crippen LogP contribution is -2.42. The van der Waals surface area contributed by atoms with Crippen molar-refractivity contribution in [3.8, 4) is 0 Å². The number of aliphatic hydroxyl groups excluding tert-OH is 1. The molecule has 0 saturated carbocycles. The second kappa shape index (κ2) is 7.61. The quantitative estimate of drug-likeness (QED) is 0.714. The van der Waals surface area contributed by atoms with Gasteiger partial charge in [0.25, 0.3) is 0 Å². The van der Waals surface area contributed by atoms with Crippen molar-refractivity contribution in [2.75, 3.05) is 18.9 Å². The van der Waals surface area contributed by atoms with E-state index in [9.17, 15) is 8.42 Å². The molecule has 3 N–H and O–H groups in total. The molecule has 0 atom stereocenters. The number of rotatable bonds is 8. The van der Waals surface area contributed by atoms with Gasteiger partial charge in [0.05, 0.1) is 12.4 Å². The summed E-state index contributed by atoms with van der Waals surface area (Å²) in [5.74, 6) is -0.0888. The molecule has 20 heavy (non-hydrogen) atoms. The number of hydrogen-bond acceptors (Lipinski definition) is 4. The molecule has 1 aromatic rings. The predicted octanol–water partition coefficient (Wildman–Crippen LogP) is 1.58. The van der Waals surface area contributed by atoms with Crippen LogP contribution in [-0.2, 0) is 15.8 Å². The van der Waals surface area contributed by atoms with Gasteiger partial charge in [0.1, 0.15) is 0 Å². The lowest BCUT2D eigenvalue weighted by Gasteiger charge is -2.29. The topological polar surface area (TPSA) is 83.6 Å². The van der Waals surface area contributed by atoms with Crippen molar-refractivity contribution in [3.63, 3.8) is 0 Å². The summed E-state index contributed by atoms with van der Waals surface area (Å²) in [4.78, 5) is 0. The van der Waals surface area contributed by atoms with Crippen LogP contribution in [-0.4, -0.2) is 37.0 Å². The number of benzene rings is 1. The van der Waals surface area contributed by atoms with Gasteiger partial charge in [-0.1, -0.05) is 26.0 Å². The highest BCUT2D eigenvalue weighted by atomic mass is 32.2. The molecule has 0 aliphatic rings. The van der Waals surface area contributed by atoms with Crippen LogP contribution in [0.25, 0.3) is 0 Å². The van der Waals surface area contributed by atoms with Crippen molar-refractivity contribution in [2.24, 2.45) is 0 Å². The van der Waals surface area contributed by atoms with E-state index in [0.717, 1.165) is 12.8 Å². The first kappa shape index (κ1) is 16.9. The summed E-state index contributed by atoms with van der Waals surface area (Å²) >= 11 is 0. The normalized spacial score (nSPS) is 12.2. The summed E-state index contributed by atoms with van der Waals surface area (Å²) in [6.45, 7) is 3.87. The fraction of sp³-hybridized carbons (Fsp3) is 0.571. The molecule has 0 aliphatic carbocycles. The van der Waals surface area contributed by atoms with Gasteiger partial charge in [-0.3, -0.25) is 0 Å². The summed E-state index contributed by atoms with van der Waals surface area (Å²) in [6.07, 6.45) is 1.46. The van der Waals surface area contributed by atoms with Gasteiger partial charge in [-0.25, -0.2) is 8.42 Å². The van der Waals surface area contributed by atoms with Crippen LogP contribution in [0, 0.1) is 0 Å². The monoisotopic (exact) mass is 300 g/mol. The van der Waals surface area contributed by atoms with E-state index in [2.05, 4.69) is 0 Å². The van der Waals surface area contributed by atoms with Gasteiger partial charge in [0.2, 0.25) is 10.0 Å². The van der Waals surface area contributed by atoms with Crippen molar-refractivity contribution in [1.82, 2.24) is 4.31 Å². The Balaban J connectivity index is 2.98. The molecule has 0 amide bonds. The van der Waals surface area contributed by atoms with Crippen molar-refractivity contribution >= 4 is 15.7 Å². The SMILES string of the molecule is CCC(CC)N(CCO)S(=O)(=O)Cc1cccc(N)c1. The van der Waals surface area contributed by atoms with E-state index in [4.69, 9.17) is 10.8 Å². The highest BCUT2D eigenvalue weighted by Crippen LogP contribution is 2.18. The van der Waals surface area contributed by atoms with Crippen LogP contribution in [0.3, 0.4) is 0 Å². The number of sulfonamides is 1. The van der Waals surface area contributed by atoms with E-state index in [1.807, 2.05) is 13.8 Å². The van der Waals surface area contributed by atoms with Gasteiger partial charge < -0.3 is 10.8 Å². The number of hydrogen-bond donors (Lipinski definition) is 2. The Morgan fingerprint density at radius 2 is 1.95 bits per heavy atom. The zero-order chi connectivity index (χ0) is 15.2. The Morgan fingerprint density at radius 1 is 1.30 bits per heavy atom. The summed E-state index contributed by atoms with van der Waals surface area (Å²) in [5, 5.41) is 9.12. The highest BCUT2D eigenvalue weighted by molar-refractivity contribution is 7.88. The Morgan fingerprint density at radius 3 is 2.45 bits per heavy atom. The van der Waals surface area contributed by atoms with E-state index in [1.54, 1.807) is 24.3 Å². The third-order valence-corrected chi connectivity index (χ3v) is 5.22. The standard InChI is InChI=1S/C14H24N2O3S/c1-3-14(4-2)16(8-9-17)20(18,19)11-12-6-5-7-13(15)10-12/h5-7,10,14,17H,3-4,8-9,11,15H2,1-2H3. The van der Waals surface area contributed by atoms with Gasteiger partial charge in [0, 0.05) is 18.3 Å². The number of nitrogens with zero attached hydrogens (tertiary/aromatic N) is 1. The highest BCUT2D eigenvalue weighted by Gasteiger charge is 2.27. The molecule has 0 spiro atoms. The summed E-state index contributed by atoms with van der Waals surface area (Å²) in [5.41, 5.74) is 6.89. The summed E-state index contributed by atoms with van der Waals surface area (Å²) in [6, 6.07) is 6.81. The van der Waals surface area contributed by atoms with E-state index < -0.39 is 10.0 Å². The second-order valence-corrected chi connectivity index (χ2v) is 6.73. The molecule has 0 fully saturated rings. The van der Waals surface area contributed by atoms with Crippen LogP contribution in [0.15, 0.2) is 24.3 Å². The first-order valence-electron chi connectivity index (χ1n) is 6.89. The van der Waals surface area contributed by atoms with Crippen LogP contribution in [0.5, 0.6) is 0 Å². The lowest BCUT2D eigenvalue weighted by molar-refractivity contribution is 0.219. The zero-order valence-electron chi connectivity index (χ0n) is 12.1. The number of nitrogen functional groups attached to an aromatic ring is 1. The van der Waals surface area contributed by atoms with Crippen LogP contribution < -0.4 is 5.73 Å². The Labute approximate surface area is 121 Å². The van der Waals surface area contributed by atoms with Crippen molar-refractivity contribution in [1.29, 1.82) is 0 Å². The van der Waals surface area contributed by atoms with Crippen LogP contribution in [0.2, 0.25) is 0 Å². The van der Waals surface area contributed by atoms with E-state index in [-0.39, 0.29) is 24.9 Å². The van der Waals surface area contributed by atoms with Gasteiger partial charge in [0.15, 0.2) is 0 Å². The molecule has 0 aliphatic heterocycles. The zero-order valence-corrected chi connectivity index (χ0v) is 12.9. The van der Waals surface area contributed by atoms with E-state index in [0.29, 0.717) is 11.3 Å². The molecular formula is C14H24N2O3S. The Bertz CT molecular complexity index is 513. The molecule has 6 heteroatoms. The summed E-state index contributed by atoms with van der Waals surface area (Å²) in [7, 11) is -3.46. The van der Waals surface area contributed by atoms with E-state index >= 15 is 0 Å². The lowest BCUT2D eigenvalue weighted by atomic mass is 10.2. The maximum Gasteiger partial charge on any atom is 0.218 e. The van der Waals surface area contributed by atoms with Crippen molar-refractivity contribution in [2.45, 2.75) is 38.5 Å². The Hall–Kier alpha value is -1.11. The number of aliphatic hydroxyl groups is 1. The van der Waals surface area contributed by atoms with Gasteiger partial charge >= 0.3 is 0 Å². The maximum atomic E-state index is 12.5. The second-order valence-electron chi connectivity index (χ2n) is 4.81. The molecule has 5 nitrogen and oxygen atoms in total. The predicted molar refractivity (Wildman–Crippen MR) is 81.6 cm³/mol. The van der Waals surface area contributed by atoms with Gasteiger partial charge in [-0.05, 0) is 30.5 Å². The molecule has 0 unspecified atom stereocenters. The minimum Gasteiger partial charge on any atom is -0.399 e. The van der Waals surface area contributed by atoms with Crippen molar-refractivity contribution < 1.29 is 13.5 Å². The third-order valence-electron chi connectivity index (χ3n) is 3.33. The third kappa shape index (κ3) is 4.47. The fourth-order valence-electron chi connectivity index (χ4n) is 2.32. The first-order chi connectivity index (χ1) is 9.44. The largest absolute Gasteiger partial charge is 0.399 e. The molecule has 1 aromatic carbocycles. The first-order valence-corrected chi connectivity index (χ1v) is 8.50. The molecular weight excluding hydrogens is 276 g/mol. The Kier molecular flexibility index (Phi) is 6.45. The average Bonchev–Trinajstić information content (AvgIpc) is 2.38.